The highest BCUT2D eigenvalue weighted by Crippen LogP contribution is 2.53. The van der Waals surface area contributed by atoms with Crippen LogP contribution in [0.25, 0.3) is 0 Å². The van der Waals surface area contributed by atoms with Gasteiger partial charge in [0.15, 0.2) is 0 Å². The topological polar surface area (TPSA) is 92.5 Å². The Labute approximate surface area is 156 Å². The van der Waals surface area contributed by atoms with Crippen LogP contribution in [0.1, 0.15) is 38.8 Å². The van der Waals surface area contributed by atoms with E-state index < -0.39 is 22.9 Å². The van der Waals surface area contributed by atoms with Crippen molar-refractivity contribution < 1.29 is 23.4 Å². The maximum Gasteiger partial charge on any atom is 0.393 e. The number of hydrogen-bond donors (Lipinski definition) is 4. The predicted molar refractivity (Wildman–Crippen MR) is 101 cm³/mol. The van der Waals surface area contributed by atoms with Crippen molar-refractivity contribution in [3.63, 3.8) is 0 Å². The second kappa shape index (κ2) is 6.55. The molecule has 0 spiro atoms. The van der Waals surface area contributed by atoms with Crippen molar-refractivity contribution in [2.75, 3.05) is 11.5 Å². The number of phenolic OH excluding ortho intramolecular Hbond substituents is 2. The van der Waals surface area contributed by atoms with Gasteiger partial charge in [-0.05, 0) is 35.4 Å². The van der Waals surface area contributed by atoms with E-state index in [9.17, 15) is 23.4 Å². The van der Waals surface area contributed by atoms with Gasteiger partial charge in [0, 0.05) is 10.8 Å². The Bertz CT molecular complexity index is 782. The molecule has 0 fully saturated rings. The molecule has 0 unspecified atom stereocenters. The molecule has 0 amide bonds. The molecule has 2 rings (SSSR count). The van der Waals surface area contributed by atoms with E-state index in [1.807, 2.05) is 0 Å². The molecule has 0 heterocycles. The first-order chi connectivity index (χ1) is 12.2. The smallest absolute Gasteiger partial charge is 0.393 e. The molecule has 0 aliphatic heterocycles. The molecule has 2 aromatic carbocycles. The van der Waals surface area contributed by atoms with Crippen molar-refractivity contribution in [1.82, 2.24) is 0 Å². The van der Waals surface area contributed by atoms with E-state index in [1.54, 1.807) is 0 Å². The molecular weight excluding hydrogens is 357 g/mol. The summed E-state index contributed by atoms with van der Waals surface area (Å²) in [4.78, 5) is 0. The van der Waals surface area contributed by atoms with Gasteiger partial charge in [-0.3, -0.25) is 0 Å². The Morgan fingerprint density at radius 3 is 1.33 bits per heavy atom. The van der Waals surface area contributed by atoms with Crippen molar-refractivity contribution >= 4 is 11.4 Å². The Kier molecular flexibility index (Phi) is 5.03. The maximum absolute atomic E-state index is 14.3. The van der Waals surface area contributed by atoms with Gasteiger partial charge in [-0.2, -0.15) is 13.2 Å². The molecular formula is C20H25F3N2O2. The van der Waals surface area contributed by atoms with Gasteiger partial charge >= 0.3 is 6.18 Å². The number of hydrogen-bond acceptors (Lipinski definition) is 4. The fourth-order valence-electron chi connectivity index (χ4n) is 3.96. The zero-order chi connectivity index (χ0) is 20.8. The number of benzene rings is 2. The summed E-state index contributed by atoms with van der Waals surface area (Å²) in [6.07, 6.45) is -4.54. The largest absolute Gasteiger partial charge is 0.506 e. The first kappa shape index (κ1) is 20.7. The van der Waals surface area contributed by atoms with E-state index in [1.165, 1.54) is 64.1 Å². The van der Waals surface area contributed by atoms with Crippen LogP contribution in [-0.2, 0) is 10.8 Å². The highest BCUT2D eigenvalue weighted by atomic mass is 19.4. The number of nitrogen functional groups attached to an aromatic ring is 2. The fourth-order valence-corrected chi connectivity index (χ4v) is 3.96. The zero-order valence-electron chi connectivity index (χ0n) is 15.7. The highest BCUT2D eigenvalue weighted by Gasteiger charge is 2.57. The van der Waals surface area contributed by atoms with Gasteiger partial charge in [0.05, 0.1) is 17.3 Å². The summed E-state index contributed by atoms with van der Waals surface area (Å²) < 4.78 is 42.8. The van der Waals surface area contributed by atoms with Crippen LogP contribution in [-0.4, -0.2) is 16.4 Å². The van der Waals surface area contributed by atoms with Gasteiger partial charge in [0.2, 0.25) is 0 Å². The average Bonchev–Trinajstić information content (AvgIpc) is 2.50. The second-order valence-electron chi connectivity index (χ2n) is 7.97. The lowest BCUT2D eigenvalue weighted by atomic mass is 9.59. The highest BCUT2D eigenvalue weighted by molar-refractivity contribution is 5.56. The lowest BCUT2D eigenvalue weighted by Gasteiger charge is -2.46. The minimum atomic E-state index is -4.54. The minimum Gasteiger partial charge on any atom is -0.506 e. The van der Waals surface area contributed by atoms with Crippen LogP contribution in [0.4, 0.5) is 24.5 Å². The standard InChI is InChI=1S/C20H25F3N2O2/c1-18(2,11-5-7-15(26)13(24)9-11)17(20(21,22)23)19(3,4)12-6-8-16(27)14(25)10-12/h5-10,17,26-27H,24-25H2,1-4H3. The van der Waals surface area contributed by atoms with E-state index >= 15 is 0 Å². The van der Waals surface area contributed by atoms with Crippen LogP contribution >= 0.6 is 0 Å². The molecule has 4 nitrogen and oxygen atoms in total. The van der Waals surface area contributed by atoms with E-state index in [4.69, 9.17) is 11.5 Å². The molecule has 0 saturated carbocycles. The first-order valence-corrected chi connectivity index (χ1v) is 8.43. The second-order valence-corrected chi connectivity index (χ2v) is 7.97. The van der Waals surface area contributed by atoms with E-state index in [2.05, 4.69) is 0 Å². The number of alkyl halides is 3. The summed E-state index contributed by atoms with van der Waals surface area (Å²) in [7, 11) is 0. The summed E-state index contributed by atoms with van der Waals surface area (Å²) in [6.45, 7) is 6.01. The van der Waals surface area contributed by atoms with E-state index in [0.717, 1.165) is 0 Å². The molecule has 27 heavy (non-hydrogen) atoms. The number of phenols is 2. The lowest BCUT2D eigenvalue weighted by Crippen LogP contribution is -2.50. The van der Waals surface area contributed by atoms with Crippen molar-refractivity contribution in [2.45, 2.75) is 44.7 Å². The predicted octanol–water partition coefficient (Wildman–Crippen LogP) is 4.70. The van der Waals surface area contributed by atoms with Gasteiger partial charge in [-0.1, -0.05) is 39.8 Å². The number of rotatable bonds is 4. The van der Waals surface area contributed by atoms with Gasteiger partial charge in [0.25, 0.3) is 0 Å². The van der Waals surface area contributed by atoms with Gasteiger partial charge < -0.3 is 21.7 Å². The van der Waals surface area contributed by atoms with E-state index in [-0.39, 0.29) is 22.9 Å². The van der Waals surface area contributed by atoms with E-state index in [0.29, 0.717) is 11.1 Å². The molecule has 0 aliphatic carbocycles. The van der Waals surface area contributed by atoms with Crippen LogP contribution < -0.4 is 11.5 Å². The summed E-state index contributed by atoms with van der Waals surface area (Å²) >= 11 is 0. The third-order valence-electron chi connectivity index (χ3n) is 5.31. The molecule has 0 aromatic heterocycles. The van der Waals surface area contributed by atoms with Gasteiger partial charge in [-0.25, -0.2) is 0 Å². The molecule has 0 bridgehead atoms. The summed E-state index contributed by atoms with van der Waals surface area (Å²) in [5, 5.41) is 19.2. The van der Waals surface area contributed by atoms with Crippen molar-refractivity contribution in [3.8, 4) is 11.5 Å². The minimum absolute atomic E-state index is 0.0215. The fraction of sp³-hybridized carbons (Fsp3) is 0.400. The number of anilines is 2. The first-order valence-electron chi connectivity index (χ1n) is 8.43. The zero-order valence-corrected chi connectivity index (χ0v) is 15.7. The van der Waals surface area contributed by atoms with Crippen LogP contribution in [0.3, 0.4) is 0 Å². The molecule has 148 valence electrons. The third-order valence-corrected chi connectivity index (χ3v) is 5.31. The molecule has 6 N–H and O–H groups in total. The van der Waals surface area contributed by atoms with Crippen LogP contribution in [0.15, 0.2) is 36.4 Å². The number of nitrogens with two attached hydrogens (primary N) is 2. The Morgan fingerprint density at radius 2 is 1.07 bits per heavy atom. The SMILES string of the molecule is CC(C)(c1ccc(O)c(N)c1)C(C(F)(F)F)C(C)(C)c1ccc(O)c(N)c1. The Morgan fingerprint density at radius 1 is 0.741 bits per heavy atom. The Balaban J connectivity index is 2.66. The third kappa shape index (κ3) is 3.77. The average molecular weight is 382 g/mol. The summed E-state index contributed by atoms with van der Waals surface area (Å²) in [5.74, 6) is -2.15. The monoisotopic (exact) mass is 382 g/mol. The van der Waals surface area contributed by atoms with Crippen LogP contribution in [0.2, 0.25) is 0 Å². The number of halogens is 3. The van der Waals surface area contributed by atoms with Crippen molar-refractivity contribution in [2.24, 2.45) is 5.92 Å². The Hall–Kier alpha value is -2.57. The molecule has 0 radical (unpaired) electrons. The van der Waals surface area contributed by atoms with Crippen molar-refractivity contribution in [3.05, 3.63) is 47.5 Å². The van der Waals surface area contributed by atoms with Gasteiger partial charge in [-0.15, -0.1) is 0 Å². The lowest BCUT2D eigenvalue weighted by molar-refractivity contribution is -0.209. The molecule has 7 heteroatoms. The van der Waals surface area contributed by atoms with Crippen molar-refractivity contribution in [1.29, 1.82) is 0 Å². The maximum atomic E-state index is 14.3. The number of aromatic hydroxyl groups is 2. The normalized spacial score (nSPS) is 13.2. The molecule has 0 saturated heterocycles. The quantitative estimate of drug-likeness (QED) is 0.456. The van der Waals surface area contributed by atoms with Crippen LogP contribution in [0, 0.1) is 5.92 Å². The molecule has 0 aliphatic rings. The molecule has 0 atom stereocenters. The van der Waals surface area contributed by atoms with Crippen LogP contribution in [0.5, 0.6) is 11.5 Å². The summed E-state index contributed by atoms with van der Waals surface area (Å²) in [5.41, 5.74) is 9.45. The summed E-state index contributed by atoms with van der Waals surface area (Å²) in [6, 6.07) is 8.23. The van der Waals surface area contributed by atoms with Gasteiger partial charge in [0.1, 0.15) is 11.5 Å². The molecule has 2 aromatic rings.